The number of carbonyl (C=O) groups excluding carboxylic acids is 1. The lowest BCUT2D eigenvalue weighted by Crippen LogP contribution is -2.52. The SMILES string of the molecule is CC1CN(C(=O)Nc2cc(Cl)ccc2Cl)CCN1. The summed E-state index contributed by atoms with van der Waals surface area (Å²) in [6.07, 6.45) is 0. The molecule has 0 aromatic heterocycles. The minimum atomic E-state index is -0.146. The molecule has 1 aromatic carbocycles. The van der Waals surface area contributed by atoms with E-state index in [0.29, 0.717) is 34.9 Å². The highest BCUT2D eigenvalue weighted by atomic mass is 35.5. The molecule has 98 valence electrons. The van der Waals surface area contributed by atoms with Gasteiger partial charge in [0, 0.05) is 30.7 Å². The number of nitrogens with zero attached hydrogens (tertiary/aromatic N) is 1. The number of piperazine rings is 1. The lowest BCUT2D eigenvalue weighted by atomic mass is 10.2. The summed E-state index contributed by atoms with van der Waals surface area (Å²) in [6, 6.07) is 5.16. The third-order valence-electron chi connectivity index (χ3n) is 2.83. The molecule has 0 aliphatic carbocycles. The Morgan fingerprint density at radius 3 is 3.00 bits per heavy atom. The number of hydrogen-bond acceptors (Lipinski definition) is 2. The van der Waals surface area contributed by atoms with Crippen molar-refractivity contribution in [3.05, 3.63) is 28.2 Å². The number of anilines is 1. The number of benzene rings is 1. The molecule has 0 spiro atoms. The standard InChI is InChI=1S/C12H15Cl2N3O/c1-8-7-17(5-4-15-8)12(18)16-11-6-9(13)2-3-10(11)14/h2-3,6,8,15H,4-5,7H2,1H3,(H,16,18). The van der Waals surface area contributed by atoms with E-state index in [4.69, 9.17) is 23.2 Å². The van der Waals surface area contributed by atoms with E-state index in [1.54, 1.807) is 23.1 Å². The van der Waals surface area contributed by atoms with Gasteiger partial charge in [-0.1, -0.05) is 23.2 Å². The molecule has 6 heteroatoms. The van der Waals surface area contributed by atoms with Crippen LogP contribution in [-0.2, 0) is 0 Å². The topological polar surface area (TPSA) is 44.4 Å². The molecule has 2 rings (SSSR count). The molecule has 0 bridgehead atoms. The van der Waals surface area contributed by atoms with Crippen molar-refractivity contribution in [3.8, 4) is 0 Å². The molecule has 0 radical (unpaired) electrons. The Labute approximate surface area is 116 Å². The van der Waals surface area contributed by atoms with Crippen molar-refractivity contribution in [3.63, 3.8) is 0 Å². The van der Waals surface area contributed by atoms with E-state index in [2.05, 4.69) is 10.6 Å². The number of hydrogen-bond donors (Lipinski definition) is 2. The molecule has 1 aliphatic rings. The third kappa shape index (κ3) is 3.28. The maximum Gasteiger partial charge on any atom is 0.321 e. The number of carbonyl (C=O) groups is 1. The van der Waals surface area contributed by atoms with Crippen LogP contribution in [-0.4, -0.2) is 36.6 Å². The predicted octanol–water partition coefficient (Wildman–Crippen LogP) is 2.82. The van der Waals surface area contributed by atoms with Crippen LogP contribution in [0.5, 0.6) is 0 Å². The average molecular weight is 288 g/mol. The first kappa shape index (κ1) is 13.5. The molecule has 2 N–H and O–H groups in total. The van der Waals surface area contributed by atoms with Crippen molar-refractivity contribution in [1.82, 2.24) is 10.2 Å². The summed E-state index contributed by atoms with van der Waals surface area (Å²) in [5.41, 5.74) is 0.542. The van der Waals surface area contributed by atoms with Crippen LogP contribution in [0.2, 0.25) is 10.0 Å². The molecule has 0 saturated carbocycles. The molecule has 1 heterocycles. The molecule has 18 heavy (non-hydrogen) atoms. The molecule has 1 aliphatic heterocycles. The van der Waals surface area contributed by atoms with Crippen molar-refractivity contribution < 1.29 is 4.79 Å². The summed E-state index contributed by atoms with van der Waals surface area (Å²) in [7, 11) is 0. The van der Waals surface area contributed by atoms with Gasteiger partial charge < -0.3 is 15.5 Å². The van der Waals surface area contributed by atoms with Crippen LogP contribution >= 0.6 is 23.2 Å². The molecule has 2 amide bonds. The maximum absolute atomic E-state index is 12.1. The first-order chi connectivity index (χ1) is 8.56. The normalized spacial score (nSPS) is 19.7. The van der Waals surface area contributed by atoms with Crippen LogP contribution in [0.25, 0.3) is 0 Å². The van der Waals surface area contributed by atoms with Gasteiger partial charge in [0.25, 0.3) is 0 Å². The second kappa shape index (κ2) is 5.78. The Morgan fingerprint density at radius 1 is 1.50 bits per heavy atom. The summed E-state index contributed by atoms with van der Waals surface area (Å²) in [6.45, 7) is 4.22. The van der Waals surface area contributed by atoms with Crippen LogP contribution in [0.1, 0.15) is 6.92 Å². The summed E-state index contributed by atoms with van der Waals surface area (Å²) < 4.78 is 0. The fraction of sp³-hybridized carbons (Fsp3) is 0.417. The molecule has 1 aromatic rings. The number of amides is 2. The van der Waals surface area contributed by atoms with Crippen molar-refractivity contribution in [2.24, 2.45) is 0 Å². The molecule has 1 fully saturated rings. The second-order valence-electron chi connectivity index (χ2n) is 4.36. The molecule has 1 saturated heterocycles. The van der Waals surface area contributed by atoms with Crippen LogP contribution < -0.4 is 10.6 Å². The van der Waals surface area contributed by atoms with Gasteiger partial charge in [-0.3, -0.25) is 0 Å². The van der Waals surface area contributed by atoms with E-state index in [9.17, 15) is 4.79 Å². The zero-order chi connectivity index (χ0) is 13.1. The molecule has 1 unspecified atom stereocenters. The molecular formula is C12H15Cl2N3O. The average Bonchev–Trinajstić information content (AvgIpc) is 2.34. The van der Waals surface area contributed by atoms with E-state index in [0.717, 1.165) is 6.54 Å². The van der Waals surface area contributed by atoms with Crippen molar-refractivity contribution >= 4 is 34.9 Å². The Kier molecular flexibility index (Phi) is 4.32. The molecule has 1 atom stereocenters. The highest BCUT2D eigenvalue weighted by Crippen LogP contribution is 2.25. The smallest absolute Gasteiger partial charge is 0.321 e. The van der Waals surface area contributed by atoms with Gasteiger partial charge in [-0.25, -0.2) is 4.79 Å². The van der Waals surface area contributed by atoms with Gasteiger partial charge in [-0.2, -0.15) is 0 Å². The first-order valence-corrected chi connectivity index (χ1v) is 6.56. The van der Waals surface area contributed by atoms with Gasteiger partial charge in [-0.05, 0) is 25.1 Å². The lowest BCUT2D eigenvalue weighted by Gasteiger charge is -2.31. The van der Waals surface area contributed by atoms with Crippen LogP contribution in [0.3, 0.4) is 0 Å². The number of halogens is 2. The number of nitrogens with one attached hydrogen (secondary N) is 2. The van der Waals surface area contributed by atoms with Gasteiger partial charge in [0.2, 0.25) is 0 Å². The third-order valence-corrected chi connectivity index (χ3v) is 3.39. The van der Waals surface area contributed by atoms with Crippen LogP contribution in [0.15, 0.2) is 18.2 Å². The van der Waals surface area contributed by atoms with Gasteiger partial charge >= 0.3 is 6.03 Å². The number of rotatable bonds is 1. The minimum Gasteiger partial charge on any atom is -0.322 e. The summed E-state index contributed by atoms with van der Waals surface area (Å²) in [5.74, 6) is 0. The first-order valence-electron chi connectivity index (χ1n) is 5.80. The van der Waals surface area contributed by atoms with E-state index >= 15 is 0 Å². The van der Waals surface area contributed by atoms with Gasteiger partial charge in [0.05, 0.1) is 10.7 Å². The quantitative estimate of drug-likeness (QED) is 0.834. The fourth-order valence-electron chi connectivity index (χ4n) is 1.90. The van der Waals surface area contributed by atoms with Crippen LogP contribution in [0, 0.1) is 0 Å². The summed E-state index contributed by atoms with van der Waals surface area (Å²) in [4.78, 5) is 13.8. The zero-order valence-corrected chi connectivity index (χ0v) is 11.6. The highest BCUT2D eigenvalue weighted by Gasteiger charge is 2.20. The second-order valence-corrected chi connectivity index (χ2v) is 5.20. The van der Waals surface area contributed by atoms with Crippen LogP contribution in [0.4, 0.5) is 10.5 Å². The zero-order valence-electron chi connectivity index (χ0n) is 10.0. The van der Waals surface area contributed by atoms with E-state index < -0.39 is 0 Å². The van der Waals surface area contributed by atoms with E-state index in [1.165, 1.54) is 0 Å². The van der Waals surface area contributed by atoms with Crippen molar-refractivity contribution in [2.45, 2.75) is 13.0 Å². The van der Waals surface area contributed by atoms with Crippen molar-refractivity contribution in [2.75, 3.05) is 25.0 Å². The van der Waals surface area contributed by atoms with E-state index in [1.807, 2.05) is 6.92 Å². The van der Waals surface area contributed by atoms with E-state index in [-0.39, 0.29) is 6.03 Å². The monoisotopic (exact) mass is 287 g/mol. The van der Waals surface area contributed by atoms with Gasteiger partial charge in [-0.15, -0.1) is 0 Å². The van der Waals surface area contributed by atoms with Gasteiger partial charge in [0.15, 0.2) is 0 Å². The molecular weight excluding hydrogens is 273 g/mol. The summed E-state index contributed by atoms with van der Waals surface area (Å²) in [5, 5.41) is 7.09. The Hall–Kier alpha value is -0.970. The number of urea groups is 1. The molecule has 4 nitrogen and oxygen atoms in total. The largest absolute Gasteiger partial charge is 0.322 e. The minimum absolute atomic E-state index is 0.146. The fourth-order valence-corrected chi connectivity index (χ4v) is 2.24. The Morgan fingerprint density at radius 2 is 2.28 bits per heavy atom. The highest BCUT2D eigenvalue weighted by molar-refractivity contribution is 6.35. The predicted molar refractivity (Wildman–Crippen MR) is 74.5 cm³/mol. The summed E-state index contributed by atoms with van der Waals surface area (Å²) >= 11 is 11.9. The lowest BCUT2D eigenvalue weighted by molar-refractivity contribution is 0.192. The van der Waals surface area contributed by atoms with Gasteiger partial charge in [0.1, 0.15) is 0 Å². The maximum atomic E-state index is 12.1. The Balaban J connectivity index is 2.04. The van der Waals surface area contributed by atoms with Crippen molar-refractivity contribution in [1.29, 1.82) is 0 Å². The Bertz CT molecular complexity index is 453.